The lowest BCUT2D eigenvalue weighted by molar-refractivity contribution is -0.856. The lowest BCUT2D eigenvalue weighted by Gasteiger charge is -2.20. The molecule has 2 aromatic rings. The zero-order chi connectivity index (χ0) is 18.6. The van der Waals surface area contributed by atoms with Crippen LogP contribution in [-0.4, -0.2) is 42.4 Å². The van der Waals surface area contributed by atoms with Crippen molar-refractivity contribution >= 4 is 17.3 Å². The number of rotatable bonds is 6. The van der Waals surface area contributed by atoms with Crippen LogP contribution in [0.4, 0.5) is 0 Å². The highest BCUT2D eigenvalue weighted by Gasteiger charge is 2.14. The van der Waals surface area contributed by atoms with Gasteiger partial charge in [-0.1, -0.05) is 18.5 Å². The topological polar surface area (TPSA) is 94.7 Å². The molecule has 0 bridgehead atoms. The Kier molecular flexibility index (Phi) is 6.17. The molecule has 0 fully saturated rings. The Morgan fingerprint density at radius 3 is 2.48 bits per heavy atom. The molecule has 134 valence electrons. The second kappa shape index (κ2) is 8.13. The predicted molar refractivity (Wildman–Crippen MR) is 96.5 cm³/mol. The quantitative estimate of drug-likeness (QED) is 0.683. The third kappa shape index (κ3) is 4.37. The van der Waals surface area contributed by atoms with Crippen LogP contribution in [0.3, 0.4) is 0 Å². The van der Waals surface area contributed by atoms with E-state index in [1.165, 1.54) is 4.90 Å². The van der Waals surface area contributed by atoms with Gasteiger partial charge in [0.1, 0.15) is 0 Å². The van der Waals surface area contributed by atoms with Crippen LogP contribution in [-0.2, 0) is 0 Å². The van der Waals surface area contributed by atoms with E-state index in [1.807, 2.05) is 21.0 Å². The van der Waals surface area contributed by atoms with Gasteiger partial charge >= 0.3 is 5.69 Å². The Morgan fingerprint density at radius 2 is 1.92 bits per heavy atom. The number of aliphatic imine (C=N–C) groups is 1. The summed E-state index contributed by atoms with van der Waals surface area (Å²) >= 11 is 5.85. The second-order valence-corrected chi connectivity index (χ2v) is 6.33. The summed E-state index contributed by atoms with van der Waals surface area (Å²) in [6, 6.07) is 6.24. The van der Waals surface area contributed by atoms with Gasteiger partial charge in [0.2, 0.25) is 0 Å². The fourth-order valence-electron chi connectivity index (χ4n) is 2.38. The molecule has 0 amide bonds. The smallest absolute Gasteiger partial charge is 0.332 e. The molecular weight excluding hydrogens is 344 g/mol. The Hall–Kier alpha value is -2.38. The Balaban J connectivity index is 2.59. The van der Waals surface area contributed by atoms with Crippen LogP contribution in [0.1, 0.15) is 18.9 Å². The third-order valence-corrected chi connectivity index (χ3v) is 3.94. The summed E-state index contributed by atoms with van der Waals surface area (Å²) in [5.74, 6) is -0.672. The minimum absolute atomic E-state index is 0.0918. The Labute approximate surface area is 150 Å². The third-order valence-electron chi connectivity index (χ3n) is 3.69. The fourth-order valence-corrected chi connectivity index (χ4v) is 2.50. The summed E-state index contributed by atoms with van der Waals surface area (Å²) in [5.41, 5.74) is -0.849. The summed E-state index contributed by atoms with van der Waals surface area (Å²) in [6.45, 7) is 3.08. The molecule has 0 aliphatic carbocycles. The number of H-pyrrole nitrogens is 1. The van der Waals surface area contributed by atoms with Crippen LogP contribution in [0, 0.1) is 0 Å². The molecule has 1 aromatic heterocycles. The number of quaternary nitrogens is 1. The largest absolute Gasteiger partial charge is 0.859 e. The van der Waals surface area contributed by atoms with Crippen molar-refractivity contribution in [1.29, 1.82) is 0 Å². The number of aromatic nitrogens is 2. The molecule has 1 aromatic carbocycles. The summed E-state index contributed by atoms with van der Waals surface area (Å²) < 4.78 is 0.926. The van der Waals surface area contributed by atoms with Gasteiger partial charge in [-0.3, -0.25) is 19.3 Å². The minimum atomic E-state index is -0.783. The van der Waals surface area contributed by atoms with Gasteiger partial charge in [-0.05, 0) is 36.6 Å². The molecule has 0 saturated heterocycles. The second-order valence-electron chi connectivity index (χ2n) is 5.89. The molecule has 0 unspecified atom stereocenters. The molecular formula is C17H21ClN4O3. The molecule has 0 radical (unpaired) electrons. The van der Waals surface area contributed by atoms with E-state index >= 15 is 0 Å². The van der Waals surface area contributed by atoms with E-state index in [2.05, 4.69) is 9.98 Å². The normalized spacial score (nSPS) is 12.0. The average Bonchev–Trinajstić information content (AvgIpc) is 2.54. The highest BCUT2D eigenvalue weighted by molar-refractivity contribution is 6.30. The zero-order valence-corrected chi connectivity index (χ0v) is 15.2. The summed E-state index contributed by atoms with van der Waals surface area (Å²) in [4.78, 5) is 32.2. The van der Waals surface area contributed by atoms with Gasteiger partial charge in [0.05, 0.1) is 32.7 Å². The first-order chi connectivity index (χ1) is 11.8. The van der Waals surface area contributed by atoms with Gasteiger partial charge in [0, 0.05) is 16.4 Å². The molecule has 0 aliphatic rings. The highest BCUT2D eigenvalue weighted by Crippen LogP contribution is 2.17. The lowest BCUT2D eigenvalue weighted by Crippen LogP contribution is -3.06. The van der Waals surface area contributed by atoms with Crippen molar-refractivity contribution < 1.29 is 10.0 Å². The summed E-state index contributed by atoms with van der Waals surface area (Å²) in [5, 5.41) is 13.3. The SMILES string of the molecule is CCC(=NCC[NH+](C)C)c1c([O-])n(-c2ccc(Cl)cc2)c(=O)[nH]c1=O. The van der Waals surface area contributed by atoms with Crippen molar-refractivity contribution in [2.75, 3.05) is 27.2 Å². The average molecular weight is 365 g/mol. The first-order valence-corrected chi connectivity index (χ1v) is 8.38. The maximum atomic E-state index is 12.8. The Bertz CT molecular complexity index is 882. The number of likely N-dealkylation sites (N-methyl/N-ethyl adjacent to an activating group) is 1. The van der Waals surface area contributed by atoms with E-state index in [4.69, 9.17) is 11.6 Å². The fraction of sp³-hybridized carbons (Fsp3) is 0.353. The van der Waals surface area contributed by atoms with E-state index in [1.54, 1.807) is 24.3 Å². The number of hydrogen-bond donors (Lipinski definition) is 2. The van der Waals surface area contributed by atoms with Crippen molar-refractivity contribution in [3.8, 4) is 11.6 Å². The Morgan fingerprint density at radius 1 is 1.28 bits per heavy atom. The first kappa shape index (κ1) is 19.0. The number of hydrogen-bond acceptors (Lipinski definition) is 4. The van der Waals surface area contributed by atoms with E-state index in [9.17, 15) is 14.7 Å². The molecule has 0 saturated carbocycles. The van der Waals surface area contributed by atoms with E-state index in [0.29, 0.717) is 29.4 Å². The van der Waals surface area contributed by atoms with Gasteiger partial charge in [-0.25, -0.2) is 4.79 Å². The van der Waals surface area contributed by atoms with Gasteiger partial charge in [-0.15, -0.1) is 0 Å². The van der Waals surface area contributed by atoms with Gasteiger partial charge < -0.3 is 10.0 Å². The van der Waals surface area contributed by atoms with Crippen LogP contribution in [0.2, 0.25) is 5.02 Å². The van der Waals surface area contributed by atoms with E-state index < -0.39 is 17.1 Å². The van der Waals surface area contributed by atoms with Gasteiger partial charge in [0.25, 0.3) is 5.56 Å². The van der Waals surface area contributed by atoms with Crippen LogP contribution in [0.15, 0.2) is 38.8 Å². The predicted octanol–water partition coefficient (Wildman–Crippen LogP) is -0.404. The molecule has 8 heteroatoms. The summed E-state index contributed by atoms with van der Waals surface area (Å²) in [7, 11) is 3.99. The van der Waals surface area contributed by atoms with Crippen molar-refractivity contribution in [1.82, 2.24) is 9.55 Å². The van der Waals surface area contributed by atoms with Crippen LogP contribution < -0.4 is 21.3 Å². The molecule has 1 heterocycles. The number of nitrogens with one attached hydrogen (secondary N) is 2. The van der Waals surface area contributed by atoms with Crippen molar-refractivity contribution in [2.24, 2.45) is 4.99 Å². The maximum Gasteiger partial charge on any atom is 0.332 e. The lowest BCUT2D eigenvalue weighted by atomic mass is 10.1. The van der Waals surface area contributed by atoms with E-state index in [-0.39, 0.29) is 5.56 Å². The standard InChI is InChI=1S/C17H21ClN4O3/c1-4-13(19-9-10-21(2)3)14-15(23)20-17(25)22(16(14)24)12-7-5-11(18)6-8-12/h5-8,24H,4,9-10H2,1-3H3,(H,20,23,25). The molecule has 0 aliphatic heterocycles. The number of aromatic amines is 1. The molecule has 0 spiro atoms. The summed E-state index contributed by atoms with van der Waals surface area (Å²) in [6.07, 6.45) is 0.417. The molecule has 2 rings (SSSR count). The van der Waals surface area contributed by atoms with Crippen LogP contribution in [0.5, 0.6) is 5.88 Å². The molecule has 2 N–H and O–H groups in total. The van der Waals surface area contributed by atoms with Crippen molar-refractivity contribution in [2.45, 2.75) is 13.3 Å². The van der Waals surface area contributed by atoms with Crippen LogP contribution >= 0.6 is 11.6 Å². The number of halogens is 1. The van der Waals surface area contributed by atoms with Crippen molar-refractivity contribution in [3.63, 3.8) is 0 Å². The van der Waals surface area contributed by atoms with Gasteiger partial charge in [0.15, 0.2) is 0 Å². The van der Waals surface area contributed by atoms with Gasteiger partial charge in [-0.2, -0.15) is 0 Å². The maximum absolute atomic E-state index is 12.8. The number of nitrogens with zero attached hydrogens (tertiary/aromatic N) is 2. The van der Waals surface area contributed by atoms with Crippen LogP contribution in [0.25, 0.3) is 5.69 Å². The molecule has 25 heavy (non-hydrogen) atoms. The monoisotopic (exact) mass is 364 g/mol. The highest BCUT2D eigenvalue weighted by atomic mass is 35.5. The first-order valence-electron chi connectivity index (χ1n) is 8.00. The van der Waals surface area contributed by atoms with Crippen molar-refractivity contribution in [3.05, 3.63) is 55.7 Å². The molecule has 7 nitrogen and oxygen atoms in total. The zero-order valence-electron chi connectivity index (χ0n) is 14.4. The molecule has 0 atom stereocenters. The minimum Gasteiger partial charge on any atom is -0.859 e. The number of benzene rings is 1. The van der Waals surface area contributed by atoms with E-state index in [0.717, 1.165) is 11.1 Å².